The van der Waals surface area contributed by atoms with Gasteiger partial charge in [-0.3, -0.25) is 13.8 Å². The second kappa shape index (κ2) is 10.4. The van der Waals surface area contributed by atoms with Crippen LogP contribution in [0.4, 0.5) is 0 Å². The summed E-state index contributed by atoms with van der Waals surface area (Å²) >= 11 is 0. The van der Waals surface area contributed by atoms with Gasteiger partial charge >= 0.3 is 13.8 Å². The van der Waals surface area contributed by atoms with E-state index in [1.165, 1.54) is 0 Å². The minimum atomic E-state index is -4.11. The highest BCUT2D eigenvalue weighted by Gasteiger charge is 2.23. The number of rotatable bonds is 12. The van der Waals surface area contributed by atoms with Gasteiger partial charge in [0.2, 0.25) is 0 Å². The number of nitrogens with zero attached hydrogens (tertiary/aromatic N) is 1. The van der Waals surface area contributed by atoms with Gasteiger partial charge in [-0.1, -0.05) is 6.92 Å². The van der Waals surface area contributed by atoms with Gasteiger partial charge < -0.3 is 19.8 Å². The van der Waals surface area contributed by atoms with E-state index < -0.39 is 7.82 Å². The van der Waals surface area contributed by atoms with Crippen molar-refractivity contribution in [2.75, 3.05) is 47.5 Å². The number of nitrogens with two attached hydrogens (primary N) is 1. The van der Waals surface area contributed by atoms with Crippen molar-refractivity contribution in [3.63, 3.8) is 0 Å². The second-order valence-corrected chi connectivity index (χ2v) is 8.09. The van der Waals surface area contributed by atoms with Crippen LogP contribution in [0.1, 0.15) is 26.7 Å². The molecule has 0 aromatic carbocycles. The van der Waals surface area contributed by atoms with Gasteiger partial charge in [-0.25, -0.2) is 4.57 Å². The second-order valence-electron chi connectivity index (χ2n) is 6.63. The topological polar surface area (TPSA) is 108 Å². The van der Waals surface area contributed by atoms with E-state index in [1.54, 1.807) is 0 Å². The molecule has 8 nitrogen and oxygen atoms in total. The van der Waals surface area contributed by atoms with Crippen molar-refractivity contribution in [1.82, 2.24) is 0 Å². The highest BCUT2D eigenvalue weighted by atomic mass is 31.2. The average molecular weight is 355 g/mol. The van der Waals surface area contributed by atoms with Crippen molar-refractivity contribution >= 4 is 13.8 Å². The van der Waals surface area contributed by atoms with Crippen molar-refractivity contribution in [2.45, 2.75) is 32.7 Å². The molecule has 0 aromatic rings. The maximum Gasteiger partial charge on any atom is 0.472 e. The van der Waals surface area contributed by atoms with Gasteiger partial charge in [-0.2, -0.15) is 0 Å². The fraction of sp³-hybridized carbons (Fsp3) is 0.929. The molecular weight excluding hydrogens is 323 g/mol. The molecule has 0 rings (SSSR count). The maximum atomic E-state index is 11.8. The van der Waals surface area contributed by atoms with Gasteiger partial charge in [0.1, 0.15) is 19.8 Å². The lowest BCUT2D eigenvalue weighted by molar-refractivity contribution is -0.870. The van der Waals surface area contributed by atoms with Gasteiger partial charge in [0, 0.05) is 6.04 Å². The fourth-order valence-electron chi connectivity index (χ4n) is 1.76. The largest absolute Gasteiger partial charge is 0.472 e. The first-order valence-corrected chi connectivity index (χ1v) is 9.31. The Morgan fingerprint density at radius 3 is 2.26 bits per heavy atom. The summed E-state index contributed by atoms with van der Waals surface area (Å²) < 4.78 is 26.9. The maximum absolute atomic E-state index is 11.8. The van der Waals surface area contributed by atoms with E-state index in [2.05, 4.69) is 0 Å². The summed E-state index contributed by atoms with van der Waals surface area (Å²) in [5, 5.41) is 0. The average Bonchev–Trinajstić information content (AvgIpc) is 2.38. The third-order valence-electron chi connectivity index (χ3n) is 3.08. The Morgan fingerprint density at radius 1 is 1.22 bits per heavy atom. The van der Waals surface area contributed by atoms with E-state index in [9.17, 15) is 14.3 Å². The van der Waals surface area contributed by atoms with Gasteiger partial charge in [-0.05, 0) is 19.8 Å². The molecule has 3 N–H and O–H groups in total. The van der Waals surface area contributed by atoms with Crippen molar-refractivity contribution in [3.8, 4) is 0 Å². The molecular formula is C14H32N2O6P+. The third kappa shape index (κ3) is 12.6. The molecule has 0 heterocycles. The van der Waals surface area contributed by atoms with Crippen LogP contribution in [0.25, 0.3) is 0 Å². The van der Waals surface area contributed by atoms with Gasteiger partial charge in [0.15, 0.2) is 0 Å². The molecule has 0 aliphatic rings. The highest BCUT2D eigenvalue weighted by Crippen LogP contribution is 2.42. The van der Waals surface area contributed by atoms with Crippen molar-refractivity contribution < 1.29 is 32.5 Å². The highest BCUT2D eigenvalue weighted by molar-refractivity contribution is 7.47. The minimum Gasteiger partial charge on any atom is -0.463 e. The summed E-state index contributed by atoms with van der Waals surface area (Å²) in [7, 11) is 1.72. The van der Waals surface area contributed by atoms with E-state index in [0.717, 1.165) is 0 Å². The minimum absolute atomic E-state index is 0.0870. The SMILES string of the molecule is CCC(CC(C)N)C(=O)OCCOP(=O)(O)OCC[N+](C)(C)C. The molecule has 0 amide bonds. The lowest BCUT2D eigenvalue weighted by atomic mass is 9.99. The molecule has 0 spiro atoms. The summed E-state index contributed by atoms with van der Waals surface area (Å²) in [6, 6.07) is -0.0870. The molecule has 0 fully saturated rings. The molecule has 3 atom stereocenters. The van der Waals surface area contributed by atoms with Gasteiger partial charge in [0.25, 0.3) is 0 Å². The molecule has 9 heteroatoms. The van der Waals surface area contributed by atoms with E-state index in [1.807, 2.05) is 35.0 Å². The Hall–Kier alpha value is -0.500. The predicted molar refractivity (Wildman–Crippen MR) is 87.6 cm³/mol. The van der Waals surface area contributed by atoms with Crippen LogP contribution in [0.2, 0.25) is 0 Å². The standard InChI is InChI=1S/C14H31N2O6P/c1-6-13(11-12(2)15)14(17)20-9-10-22-23(18,19)21-8-7-16(3,4)5/h12-13H,6-11,15H2,1-5H3/p+1. The zero-order valence-electron chi connectivity index (χ0n) is 14.9. The molecule has 0 saturated carbocycles. The van der Waals surface area contributed by atoms with E-state index in [4.69, 9.17) is 19.5 Å². The van der Waals surface area contributed by atoms with Crippen LogP contribution in [-0.2, 0) is 23.1 Å². The van der Waals surface area contributed by atoms with Crippen LogP contribution in [0.15, 0.2) is 0 Å². The Morgan fingerprint density at radius 2 is 1.78 bits per heavy atom. The molecule has 138 valence electrons. The molecule has 0 aromatic heterocycles. The van der Waals surface area contributed by atoms with Crippen LogP contribution >= 0.6 is 7.82 Å². The number of esters is 1. The van der Waals surface area contributed by atoms with Crippen LogP contribution in [0.3, 0.4) is 0 Å². The number of carbonyl (C=O) groups excluding carboxylic acids is 1. The van der Waals surface area contributed by atoms with Crippen LogP contribution in [0.5, 0.6) is 0 Å². The number of likely N-dealkylation sites (N-methyl/N-ethyl adjacent to an activating group) is 1. The van der Waals surface area contributed by atoms with Gasteiger partial charge in [-0.15, -0.1) is 0 Å². The van der Waals surface area contributed by atoms with Gasteiger partial charge in [0.05, 0.1) is 33.7 Å². The molecule has 0 saturated heterocycles. The molecule has 0 bridgehead atoms. The first kappa shape index (κ1) is 22.5. The Balaban J connectivity index is 4.00. The number of hydrogen-bond acceptors (Lipinski definition) is 6. The van der Waals surface area contributed by atoms with Crippen LogP contribution < -0.4 is 5.73 Å². The van der Waals surface area contributed by atoms with Crippen molar-refractivity contribution in [1.29, 1.82) is 0 Å². The quantitative estimate of drug-likeness (QED) is 0.234. The molecule has 0 aliphatic carbocycles. The summed E-state index contributed by atoms with van der Waals surface area (Å²) in [5.41, 5.74) is 5.68. The number of quaternary nitrogens is 1. The van der Waals surface area contributed by atoms with E-state index in [-0.39, 0.29) is 37.7 Å². The van der Waals surface area contributed by atoms with Crippen molar-refractivity contribution in [3.05, 3.63) is 0 Å². The summed E-state index contributed by atoms with van der Waals surface area (Å²) in [6.07, 6.45) is 1.18. The van der Waals surface area contributed by atoms with Crippen molar-refractivity contribution in [2.24, 2.45) is 11.7 Å². The number of ether oxygens (including phenoxy) is 1. The van der Waals surface area contributed by atoms with E-state index in [0.29, 0.717) is 23.9 Å². The van der Waals surface area contributed by atoms with Crippen LogP contribution in [-0.4, -0.2) is 68.9 Å². The fourth-order valence-corrected chi connectivity index (χ4v) is 2.45. The Kier molecular flexibility index (Phi) is 10.2. The number of hydrogen-bond donors (Lipinski definition) is 2. The number of phosphoric ester groups is 1. The zero-order valence-corrected chi connectivity index (χ0v) is 15.8. The Bertz CT molecular complexity index is 397. The third-order valence-corrected chi connectivity index (χ3v) is 4.10. The first-order valence-electron chi connectivity index (χ1n) is 7.81. The zero-order chi connectivity index (χ0) is 18.1. The summed E-state index contributed by atoms with van der Waals surface area (Å²) in [4.78, 5) is 21.3. The number of carbonyl (C=O) groups is 1. The summed E-state index contributed by atoms with van der Waals surface area (Å²) in [6.45, 7) is 4.08. The lowest BCUT2D eigenvalue weighted by Crippen LogP contribution is -2.37. The van der Waals surface area contributed by atoms with E-state index >= 15 is 0 Å². The molecule has 23 heavy (non-hydrogen) atoms. The number of phosphoric acid groups is 1. The molecule has 0 radical (unpaired) electrons. The normalized spacial score (nSPS) is 17.3. The smallest absolute Gasteiger partial charge is 0.463 e. The lowest BCUT2D eigenvalue weighted by Gasteiger charge is -2.24. The Labute approximate surface area is 139 Å². The first-order chi connectivity index (χ1) is 10.5. The molecule has 3 unspecified atom stereocenters. The predicted octanol–water partition coefficient (Wildman–Crippen LogP) is 1.13. The monoisotopic (exact) mass is 355 g/mol. The summed E-state index contributed by atoms with van der Waals surface area (Å²) in [5.74, 6) is -0.635. The van der Waals surface area contributed by atoms with Crippen LogP contribution in [0, 0.1) is 5.92 Å². The molecule has 0 aliphatic heterocycles.